The van der Waals surface area contributed by atoms with E-state index in [0.29, 0.717) is 6.04 Å². The summed E-state index contributed by atoms with van der Waals surface area (Å²) in [4.78, 5) is 10.8. The number of hydrogen-bond donors (Lipinski definition) is 1. The Morgan fingerprint density at radius 3 is 3.10 bits per heavy atom. The molecule has 1 aromatic heterocycles. The Bertz CT molecular complexity index is 398. The molecule has 20 heavy (non-hydrogen) atoms. The van der Waals surface area contributed by atoms with Crippen LogP contribution < -0.4 is 10.2 Å². The number of hydrogen-bond acceptors (Lipinski definition) is 6. The minimum absolute atomic E-state index is 0.649. The molecule has 1 aliphatic heterocycles. The summed E-state index contributed by atoms with van der Waals surface area (Å²) >= 11 is 1.80. The van der Waals surface area contributed by atoms with E-state index in [9.17, 15) is 0 Å². The molecule has 1 atom stereocenters. The number of aromatic nitrogens is 1. The Kier molecular flexibility index (Phi) is 6.22. The highest BCUT2D eigenvalue weighted by atomic mass is 32.1. The molecule has 1 aromatic rings. The van der Waals surface area contributed by atoms with Gasteiger partial charge in [-0.05, 0) is 13.5 Å². The quantitative estimate of drug-likeness (QED) is 0.771. The number of anilines is 1. The maximum Gasteiger partial charge on any atom is 0.185 e. The molecular formula is C14H26N4OS. The molecule has 2 rings (SSSR count). The van der Waals surface area contributed by atoms with Gasteiger partial charge in [0.1, 0.15) is 0 Å². The fourth-order valence-corrected chi connectivity index (χ4v) is 3.39. The summed E-state index contributed by atoms with van der Waals surface area (Å²) in [5, 5.41) is 4.53. The van der Waals surface area contributed by atoms with Gasteiger partial charge in [-0.2, -0.15) is 0 Å². The molecule has 0 amide bonds. The first-order valence-corrected chi connectivity index (χ1v) is 8.15. The van der Waals surface area contributed by atoms with Crippen molar-refractivity contribution >= 4 is 16.5 Å². The fourth-order valence-electron chi connectivity index (χ4n) is 2.47. The number of nitrogens with zero attached hydrogens (tertiary/aromatic N) is 3. The van der Waals surface area contributed by atoms with E-state index in [1.54, 1.807) is 18.4 Å². The molecule has 1 saturated heterocycles. The third-order valence-electron chi connectivity index (χ3n) is 3.84. The van der Waals surface area contributed by atoms with E-state index in [-0.39, 0.29) is 0 Å². The van der Waals surface area contributed by atoms with Crippen LogP contribution in [-0.2, 0) is 11.3 Å². The van der Waals surface area contributed by atoms with Crippen molar-refractivity contribution in [1.82, 2.24) is 15.2 Å². The number of methoxy groups -OCH3 is 1. The van der Waals surface area contributed by atoms with Crippen LogP contribution in [0.1, 0.15) is 18.2 Å². The molecule has 0 spiro atoms. The Balaban J connectivity index is 1.85. The zero-order valence-corrected chi connectivity index (χ0v) is 13.6. The van der Waals surface area contributed by atoms with Crippen LogP contribution in [0.4, 0.5) is 5.13 Å². The van der Waals surface area contributed by atoms with Gasteiger partial charge in [-0.1, -0.05) is 6.92 Å². The highest BCUT2D eigenvalue weighted by Crippen LogP contribution is 2.25. The maximum absolute atomic E-state index is 5.03. The van der Waals surface area contributed by atoms with Crippen LogP contribution in [0.25, 0.3) is 0 Å². The largest absolute Gasteiger partial charge is 0.383 e. The van der Waals surface area contributed by atoms with Crippen LogP contribution in [0.5, 0.6) is 0 Å². The molecule has 0 aromatic carbocycles. The highest BCUT2D eigenvalue weighted by Gasteiger charge is 2.24. The topological polar surface area (TPSA) is 40.6 Å². The van der Waals surface area contributed by atoms with Gasteiger partial charge in [0, 0.05) is 56.9 Å². The Morgan fingerprint density at radius 1 is 1.50 bits per heavy atom. The van der Waals surface area contributed by atoms with Gasteiger partial charge >= 0.3 is 0 Å². The molecule has 1 fully saturated rings. The second-order valence-corrected chi connectivity index (χ2v) is 6.36. The minimum Gasteiger partial charge on any atom is -0.383 e. The van der Waals surface area contributed by atoms with Gasteiger partial charge in [0.2, 0.25) is 0 Å². The molecule has 0 aliphatic carbocycles. The van der Waals surface area contributed by atoms with Gasteiger partial charge in [-0.3, -0.25) is 4.90 Å². The summed E-state index contributed by atoms with van der Waals surface area (Å²) in [5.74, 6) is 0. The lowest BCUT2D eigenvalue weighted by atomic mass is 10.1. The van der Waals surface area contributed by atoms with Gasteiger partial charge in [0.15, 0.2) is 5.13 Å². The van der Waals surface area contributed by atoms with E-state index in [4.69, 9.17) is 4.74 Å². The number of likely N-dealkylation sites (N-methyl/N-ethyl adjacent to an activating group) is 1. The molecule has 1 N–H and O–H groups in total. The first kappa shape index (κ1) is 15.7. The average molecular weight is 298 g/mol. The smallest absolute Gasteiger partial charge is 0.185 e. The van der Waals surface area contributed by atoms with Crippen LogP contribution >= 0.6 is 11.3 Å². The summed E-state index contributed by atoms with van der Waals surface area (Å²) in [5.41, 5.74) is 0. The maximum atomic E-state index is 5.03. The van der Waals surface area contributed by atoms with Gasteiger partial charge in [0.25, 0.3) is 0 Å². The number of rotatable bonds is 7. The zero-order chi connectivity index (χ0) is 14.4. The Hall–Kier alpha value is -0.690. The van der Waals surface area contributed by atoms with Gasteiger partial charge < -0.3 is 15.0 Å². The first-order valence-electron chi connectivity index (χ1n) is 7.34. The van der Waals surface area contributed by atoms with Crippen LogP contribution in [-0.4, -0.2) is 62.9 Å². The highest BCUT2D eigenvalue weighted by molar-refractivity contribution is 7.15. The van der Waals surface area contributed by atoms with Crippen molar-refractivity contribution in [3.63, 3.8) is 0 Å². The zero-order valence-electron chi connectivity index (χ0n) is 12.8. The number of nitrogens with one attached hydrogen (secondary N) is 1. The van der Waals surface area contributed by atoms with Crippen LogP contribution in [0.15, 0.2) is 6.20 Å². The second-order valence-electron chi connectivity index (χ2n) is 5.27. The van der Waals surface area contributed by atoms with Gasteiger partial charge in [-0.25, -0.2) is 4.98 Å². The van der Waals surface area contributed by atoms with Crippen molar-refractivity contribution in [2.24, 2.45) is 0 Å². The third-order valence-corrected chi connectivity index (χ3v) is 4.90. The summed E-state index contributed by atoms with van der Waals surface area (Å²) in [6.07, 6.45) is 3.20. The third kappa shape index (κ3) is 4.15. The van der Waals surface area contributed by atoms with E-state index in [0.717, 1.165) is 39.3 Å². The summed E-state index contributed by atoms with van der Waals surface area (Å²) in [6.45, 7) is 8.08. The van der Waals surface area contributed by atoms with E-state index >= 15 is 0 Å². The van der Waals surface area contributed by atoms with Crippen molar-refractivity contribution in [2.75, 3.05) is 51.8 Å². The predicted molar refractivity (Wildman–Crippen MR) is 84.6 cm³/mol. The van der Waals surface area contributed by atoms with Crippen LogP contribution in [0.3, 0.4) is 0 Å². The molecule has 0 bridgehead atoms. The average Bonchev–Trinajstić information content (AvgIpc) is 2.93. The number of ether oxygens (including phenoxy) is 1. The van der Waals surface area contributed by atoms with E-state index in [1.165, 1.54) is 16.4 Å². The van der Waals surface area contributed by atoms with Crippen molar-refractivity contribution in [1.29, 1.82) is 0 Å². The standard InChI is InChI=1S/C14H26N4OS/c1-4-12-11-18(7-6-17(12)2)14-16-10-13(20-14)9-15-5-8-19-3/h10,12,15H,4-9,11H2,1-3H3. The fraction of sp³-hybridized carbons (Fsp3) is 0.786. The molecule has 6 heteroatoms. The van der Waals surface area contributed by atoms with Crippen LogP contribution in [0.2, 0.25) is 0 Å². The first-order chi connectivity index (χ1) is 9.74. The van der Waals surface area contributed by atoms with E-state index < -0.39 is 0 Å². The summed E-state index contributed by atoms with van der Waals surface area (Å²) in [7, 11) is 3.95. The monoisotopic (exact) mass is 298 g/mol. The van der Waals surface area contributed by atoms with Crippen molar-refractivity contribution in [2.45, 2.75) is 25.9 Å². The van der Waals surface area contributed by atoms with E-state index in [1.807, 2.05) is 6.20 Å². The lowest BCUT2D eigenvalue weighted by Gasteiger charge is -2.39. The van der Waals surface area contributed by atoms with Gasteiger partial charge in [0.05, 0.1) is 6.61 Å². The molecule has 0 radical (unpaired) electrons. The second kappa shape index (κ2) is 7.93. The van der Waals surface area contributed by atoms with Crippen molar-refractivity contribution in [3.05, 3.63) is 11.1 Å². The molecule has 1 unspecified atom stereocenters. The van der Waals surface area contributed by atoms with Crippen LogP contribution in [0, 0.1) is 0 Å². The number of thiazole rings is 1. The Labute approximate surface area is 125 Å². The summed E-state index contributed by atoms with van der Waals surface area (Å²) in [6, 6.07) is 0.649. The van der Waals surface area contributed by atoms with Crippen molar-refractivity contribution in [3.8, 4) is 0 Å². The molecule has 1 aliphatic rings. The molecule has 114 valence electrons. The normalized spacial score (nSPS) is 20.6. The number of piperazine rings is 1. The molecule has 5 nitrogen and oxygen atoms in total. The summed E-state index contributed by atoms with van der Waals surface area (Å²) < 4.78 is 5.03. The molecule has 2 heterocycles. The lowest BCUT2D eigenvalue weighted by molar-refractivity contribution is 0.199. The van der Waals surface area contributed by atoms with Gasteiger partial charge in [-0.15, -0.1) is 11.3 Å². The minimum atomic E-state index is 0.649. The predicted octanol–water partition coefficient (Wildman–Crippen LogP) is 1.41. The molecule has 0 saturated carbocycles. The molecular weight excluding hydrogens is 272 g/mol. The lowest BCUT2D eigenvalue weighted by Crippen LogP contribution is -2.51. The van der Waals surface area contributed by atoms with E-state index in [2.05, 4.69) is 34.1 Å². The SMILES string of the molecule is CCC1CN(c2ncc(CNCCOC)s2)CCN1C. The Morgan fingerprint density at radius 2 is 2.35 bits per heavy atom. The van der Waals surface area contributed by atoms with Crippen molar-refractivity contribution < 1.29 is 4.74 Å².